The summed E-state index contributed by atoms with van der Waals surface area (Å²) in [4.78, 5) is 25.8. The Hall–Kier alpha value is -2.86. The SMILES string of the molecule is O=C(O)C1CCCC2(CCN(C(=O)OCC3c4ccccc4-c4ccccc43)C2)O1. The first-order valence-corrected chi connectivity index (χ1v) is 10.6. The van der Waals surface area contributed by atoms with Crippen molar-refractivity contribution in [1.82, 2.24) is 4.90 Å². The van der Waals surface area contributed by atoms with Crippen LogP contribution in [-0.4, -0.2) is 53.5 Å². The van der Waals surface area contributed by atoms with Crippen LogP contribution in [0, 0.1) is 0 Å². The van der Waals surface area contributed by atoms with Crippen LogP contribution in [0.4, 0.5) is 4.79 Å². The molecule has 2 unspecified atom stereocenters. The maximum Gasteiger partial charge on any atom is 0.409 e. The Morgan fingerprint density at radius 1 is 1.07 bits per heavy atom. The monoisotopic (exact) mass is 407 g/mol. The molecule has 0 aromatic heterocycles. The van der Waals surface area contributed by atoms with Gasteiger partial charge in [0.2, 0.25) is 0 Å². The molecule has 0 bridgehead atoms. The third-order valence-electron chi connectivity index (χ3n) is 6.68. The summed E-state index contributed by atoms with van der Waals surface area (Å²) in [7, 11) is 0. The number of aliphatic carboxylic acids is 1. The highest BCUT2D eigenvalue weighted by Gasteiger charge is 2.46. The third-order valence-corrected chi connectivity index (χ3v) is 6.68. The van der Waals surface area contributed by atoms with Crippen LogP contribution in [0.25, 0.3) is 11.1 Å². The topological polar surface area (TPSA) is 76.1 Å². The Kier molecular flexibility index (Phi) is 4.74. The van der Waals surface area contributed by atoms with Crippen molar-refractivity contribution >= 4 is 12.1 Å². The zero-order valence-corrected chi connectivity index (χ0v) is 16.8. The van der Waals surface area contributed by atoms with Crippen molar-refractivity contribution in [3.63, 3.8) is 0 Å². The molecule has 1 spiro atoms. The minimum Gasteiger partial charge on any atom is -0.479 e. The Labute approximate surface area is 175 Å². The normalized spacial score (nSPS) is 25.2. The number of amides is 1. The number of carbonyl (C=O) groups excluding carboxylic acids is 1. The molecule has 2 fully saturated rings. The number of carboxylic acids is 1. The molecule has 2 heterocycles. The van der Waals surface area contributed by atoms with Gasteiger partial charge in [-0.25, -0.2) is 9.59 Å². The van der Waals surface area contributed by atoms with Gasteiger partial charge in [-0.05, 0) is 47.9 Å². The van der Waals surface area contributed by atoms with Crippen molar-refractivity contribution in [3.05, 3.63) is 59.7 Å². The molecule has 6 heteroatoms. The van der Waals surface area contributed by atoms with Gasteiger partial charge in [-0.1, -0.05) is 48.5 Å². The van der Waals surface area contributed by atoms with Gasteiger partial charge < -0.3 is 19.5 Å². The molecule has 2 aromatic carbocycles. The van der Waals surface area contributed by atoms with E-state index in [0.29, 0.717) is 25.9 Å². The highest BCUT2D eigenvalue weighted by molar-refractivity contribution is 5.79. The summed E-state index contributed by atoms with van der Waals surface area (Å²) in [6.07, 6.45) is 1.64. The van der Waals surface area contributed by atoms with Crippen molar-refractivity contribution in [3.8, 4) is 11.1 Å². The number of fused-ring (bicyclic) bond motifs is 3. The van der Waals surface area contributed by atoms with Crippen LogP contribution in [0.1, 0.15) is 42.7 Å². The first-order valence-electron chi connectivity index (χ1n) is 10.6. The Balaban J connectivity index is 1.26. The summed E-state index contributed by atoms with van der Waals surface area (Å²) in [5, 5.41) is 9.29. The summed E-state index contributed by atoms with van der Waals surface area (Å²) in [6, 6.07) is 16.5. The van der Waals surface area contributed by atoms with Crippen LogP contribution >= 0.6 is 0 Å². The van der Waals surface area contributed by atoms with Crippen molar-refractivity contribution in [2.75, 3.05) is 19.7 Å². The van der Waals surface area contributed by atoms with E-state index in [1.54, 1.807) is 4.90 Å². The zero-order chi connectivity index (χ0) is 20.7. The molecule has 1 amide bonds. The molecule has 2 aromatic rings. The predicted octanol–water partition coefficient (Wildman–Crippen LogP) is 4.03. The van der Waals surface area contributed by atoms with Crippen LogP contribution in [0.2, 0.25) is 0 Å². The minimum absolute atomic E-state index is 0.0280. The largest absolute Gasteiger partial charge is 0.479 e. The van der Waals surface area contributed by atoms with Gasteiger partial charge in [-0.15, -0.1) is 0 Å². The van der Waals surface area contributed by atoms with E-state index < -0.39 is 17.7 Å². The van der Waals surface area contributed by atoms with Gasteiger partial charge in [0.05, 0.1) is 12.1 Å². The number of carboxylic acid groups (broad SMARTS) is 1. The molecule has 2 saturated heterocycles. The van der Waals surface area contributed by atoms with Gasteiger partial charge in [0.25, 0.3) is 0 Å². The molecule has 1 aliphatic carbocycles. The van der Waals surface area contributed by atoms with Gasteiger partial charge in [0, 0.05) is 12.5 Å². The lowest BCUT2D eigenvalue weighted by atomic mass is 9.90. The summed E-state index contributed by atoms with van der Waals surface area (Å²) in [5.41, 5.74) is 4.22. The van der Waals surface area contributed by atoms with E-state index in [1.165, 1.54) is 22.3 Å². The van der Waals surface area contributed by atoms with Crippen LogP contribution in [0.5, 0.6) is 0 Å². The lowest BCUT2D eigenvalue weighted by Gasteiger charge is -2.36. The van der Waals surface area contributed by atoms with Crippen molar-refractivity contribution in [1.29, 1.82) is 0 Å². The summed E-state index contributed by atoms with van der Waals surface area (Å²) in [6.45, 7) is 1.21. The minimum atomic E-state index is -0.923. The lowest BCUT2D eigenvalue weighted by Crippen LogP contribution is -2.46. The number of hydrogen-bond donors (Lipinski definition) is 1. The fourth-order valence-corrected chi connectivity index (χ4v) is 5.19. The van der Waals surface area contributed by atoms with E-state index in [0.717, 1.165) is 12.8 Å². The Morgan fingerprint density at radius 3 is 2.40 bits per heavy atom. The maximum atomic E-state index is 12.8. The molecule has 5 rings (SSSR count). The smallest absolute Gasteiger partial charge is 0.409 e. The molecule has 2 aliphatic heterocycles. The molecule has 30 heavy (non-hydrogen) atoms. The van der Waals surface area contributed by atoms with Crippen LogP contribution in [-0.2, 0) is 14.3 Å². The fourth-order valence-electron chi connectivity index (χ4n) is 5.19. The van der Waals surface area contributed by atoms with E-state index in [4.69, 9.17) is 9.47 Å². The molecule has 2 atom stereocenters. The van der Waals surface area contributed by atoms with Crippen LogP contribution in [0.3, 0.4) is 0 Å². The van der Waals surface area contributed by atoms with E-state index in [2.05, 4.69) is 24.3 Å². The molecule has 0 radical (unpaired) electrons. The van der Waals surface area contributed by atoms with Gasteiger partial charge in [-0.2, -0.15) is 0 Å². The molecule has 6 nitrogen and oxygen atoms in total. The summed E-state index contributed by atoms with van der Waals surface area (Å²) >= 11 is 0. The van der Waals surface area contributed by atoms with Crippen LogP contribution < -0.4 is 0 Å². The number of nitrogens with zero attached hydrogens (tertiary/aromatic N) is 1. The number of rotatable bonds is 3. The predicted molar refractivity (Wildman–Crippen MR) is 110 cm³/mol. The number of benzene rings is 2. The quantitative estimate of drug-likeness (QED) is 0.831. The van der Waals surface area contributed by atoms with Crippen molar-refractivity contribution < 1.29 is 24.2 Å². The van der Waals surface area contributed by atoms with E-state index >= 15 is 0 Å². The lowest BCUT2D eigenvalue weighted by molar-refractivity contribution is -0.172. The van der Waals surface area contributed by atoms with E-state index in [9.17, 15) is 14.7 Å². The molecule has 3 aliphatic rings. The third kappa shape index (κ3) is 3.25. The maximum absolute atomic E-state index is 12.8. The number of carbonyl (C=O) groups is 2. The van der Waals surface area contributed by atoms with E-state index in [-0.39, 0.29) is 18.6 Å². The van der Waals surface area contributed by atoms with E-state index in [1.807, 2.05) is 24.3 Å². The summed E-state index contributed by atoms with van der Waals surface area (Å²) in [5.74, 6) is -0.895. The average Bonchev–Trinajstić information content (AvgIpc) is 3.31. The van der Waals surface area contributed by atoms with Crippen LogP contribution in [0.15, 0.2) is 48.5 Å². The standard InChI is InChI=1S/C24H25NO5/c26-22(27)21-10-5-11-24(30-21)12-13-25(15-24)23(28)29-14-20-18-8-3-1-6-16(18)17-7-2-4-9-19(17)20/h1-4,6-9,20-21H,5,10-15H2,(H,26,27). The highest BCUT2D eigenvalue weighted by Crippen LogP contribution is 2.44. The number of likely N-dealkylation sites (tertiary alicyclic amines) is 1. The molecule has 156 valence electrons. The second kappa shape index (κ2) is 7.43. The molecule has 0 saturated carbocycles. The van der Waals surface area contributed by atoms with Gasteiger partial charge in [0.15, 0.2) is 6.10 Å². The first-order chi connectivity index (χ1) is 14.6. The second-order valence-corrected chi connectivity index (χ2v) is 8.50. The number of ether oxygens (including phenoxy) is 2. The van der Waals surface area contributed by atoms with Gasteiger partial charge in [-0.3, -0.25) is 0 Å². The van der Waals surface area contributed by atoms with Gasteiger partial charge >= 0.3 is 12.1 Å². The Bertz CT molecular complexity index is 944. The van der Waals surface area contributed by atoms with Crippen molar-refractivity contribution in [2.24, 2.45) is 0 Å². The second-order valence-electron chi connectivity index (χ2n) is 8.50. The fraction of sp³-hybridized carbons (Fsp3) is 0.417. The average molecular weight is 407 g/mol. The molecule has 1 N–H and O–H groups in total. The van der Waals surface area contributed by atoms with Gasteiger partial charge in [0.1, 0.15) is 6.61 Å². The summed E-state index contributed by atoms with van der Waals surface area (Å²) < 4.78 is 11.6. The first kappa shape index (κ1) is 19.1. The van der Waals surface area contributed by atoms with Crippen molar-refractivity contribution in [2.45, 2.75) is 43.3 Å². The Morgan fingerprint density at radius 2 is 1.73 bits per heavy atom. The highest BCUT2D eigenvalue weighted by atomic mass is 16.6. The molecular weight excluding hydrogens is 382 g/mol. The zero-order valence-electron chi connectivity index (χ0n) is 16.8. The number of hydrogen-bond acceptors (Lipinski definition) is 4. The molecular formula is C24H25NO5.